The molecule has 0 heterocycles. The van der Waals surface area contributed by atoms with E-state index < -0.39 is 0 Å². The van der Waals surface area contributed by atoms with Crippen molar-refractivity contribution in [2.45, 2.75) is 26.3 Å². The molecule has 1 aromatic carbocycles. The molecule has 1 fully saturated rings. The predicted octanol–water partition coefficient (Wildman–Crippen LogP) is 3.81. The number of phenolic OH excluding ortho intramolecular Hbond substituents is 1. The molecule has 16 heavy (non-hydrogen) atoms. The average molecular weight is 349 g/mol. The van der Waals surface area contributed by atoms with Crippen LogP contribution in [0.25, 0.3) is 0 Å². The van der Waals surface area contributed by atoms with E-state index in [2.05, 4.69) is 44.1 Å². The highest BCUT2D eigenvalue weighted by Crippen LogP contribution is 2.44. The van der Waals surface area contributed by atoms with Crippen molar-refractivity contribution >= 4 is 31.9 Å². The number of hydrogen-bond donors (Lipinski definition) is 2. The lowest BCUT2D eigenvalue weighted by molar-refractivity contribution is 0.467. The Morgan fingerprint density at radius 2 is 1.88 bits per heavy atom. The van der Waals surface area contributed by atoms with Crippen LogP contribution in [0.4, 0.5) is 0 Å². The zero-order chi connectivity index (χ0) is 11.8. The normalized spacial score (nSPS) is 17.4. The molecule has 4 heteroatoms. The molecule has 0 spiro atoms. The van der Waals surface area contributed by atoms with Crippen LogP contribution in [-0.2, 0) is 6.54 Å². The summed E-state index contributed by atoms with van der Waals surface area (Å²) in [5.74, 6) is 0.262. The second kappa shape index (κ2) is 4.67. The molecular formula is C12H15Br2NO. The first kappa shape index (κ1) is 12.4. The van der Waals surface area contributed by atoms with E-state index in [1.54, 1.807) is 0 Å². The minimum absolute atomic E-state index is 0.262. The van der Waals surface area contributed by atoms with E-state index in [1.807, 2.05) is 12.1 Å². The summed E-state index contributed by atoms with van der Waals surface area (Å²) < 4.78 is 1.47. The summed E-state index contributed by atoms with van der Waals surface area (Å²) in [5.41, 5.74) is 1.70. The van der Waals surface area contributed by atoms with Gasteiger partial charge >= 0.3 is 0 Å². The first-order valence-electron chi connectivity index (χ1n) is 5.38. The first-order chi connectivity index (χ1) is 7.50. The van der Waals surface area contributed by atoms with Crippen LogP contribution in [0.1, 0.15) is 25.3 Å². The van der Waals surface area contributed by atoms with Crippen LogP contribution in [0.15, 0.2) is 21.1 Å². The Hall–Kier alpha value is -0.0600. The van der Waals surface area contributed by atoms with Gasteiger partial charge in [0.1, 0.15) is 5.75 Å². The highest BCUT2D eigenvalue weighted by molar-refractivity contribution is 9.11. The zero-order valence-corrected chi connectivity index (χ0v) is 12.4. The Labute approximate surface area is 113 Å². The van der Waals surface area contributed by atoms with Gasteiger partial charge in [0.15, 0.2) is 0 Å². The summed E-state index contributed by atoms with van der Waals surface area (Å²) in [4.78, 5) is 0. The molecule has 0 aliphatic heterocycles. The maximum absolute atomic E-state index is 9.58. The third-order valence-electron chi connectivity index (χ3n) is 3.06. The molecule has 1 aromatic rings. The Kier molecular flexibility index (Phi) is 3.62. The standard InChI is InChI=1S/C12H15Br2NO/c1-12(2-3-12)7-15-6-8-4-9(13)11(16)10(14)5-8/h4-5,15-16H,2-3,6-7H2,1H3. The minimum atomic E-state index is 0.262. The number of aromatic hydroxyl groups is 1. The molecule has 0 aromatic heterocycles. The van der Waals surface area contributed by atoms with Crippen LogP contribution in [0.5, 0.6) is 5.75 Å². The van der Waals surface area contributed by atoms with Gasteiger partial charge in [-0.05, 0) is 67.8 Å². The van der Waals surface area contributed by atoms with Crippen LogP contribution in [0, 0.1) is 5.41 Å². The van der Waals surface area contributed by atoms with E-state index in [1.165, 1.54) is 18.4 Å². The fourth-order valence-electron chi connectivity index (χ4n) is 1.62. The molecule has 88 valence electrons. The maximum Gasteiger partial charge on any atom is 0.143 e. The van der Waals surface area contributed by atoms with Gasteiger partial charge in [0.05, 0.1) is 8.95 Å². The molecule has 1 saturated carbocycles. The molecule has 0 atom stereocenters. The summed E-state index contributed by atoms with van der Waals surface area (Å²) in [6.45, 7) is 4.22. The summed E-state index contributed by atoms with van der Waals surface area (Å²) in [7, 11) is 0. The zero-order valence-electron chi connectivity index (χ0n) is 9.19. The van der Waals surface area contributed by atoms with Crippen molar-refractivity contribution in [3.8, 4) is 5.75 Å². The molecule has 0 saturated heterocycles. The average Bonchev–Trinajstić information content (AvgIpc) is 2.93. The first-order valence-corrected chi connectivity index (χ1v) is 6.96. The molecule has 2 N–H and O–H groups in total. The fraction of sp³-hybridized carbons (Fsp3) is 0.500. The second-order valence-corrected chi connectivity index (χ2v) is 6.53. The molecule has 0 amide bonds. The van der Waals surface area contributed by atoms with E-state index in [-0.39, 0.29) is 5.75 Å². The Morgan fingerprint density at radius 3 is 2.38 bits per heavy atom. The van der Waals surface area contributed by atoms with Crippen molar-refractivity contribution in [2.75, 3.05) is 6.54 Å². The van der Waals surface area contributed by atoms with Gasteiger partial charge in [-0.2, -0.15) is 0 Å². The van der Waals surface area contributed by atoms with E-state index in [4.69, 9.17) is 0 Å². The van der Waals surface area contributed by atoms with Gasteiger partial charge in [0.25, 0.3) is 0 Å². The SMILES string of the molecule is CC1(CNCc2cc(Br)c(O)c(Br)c2)CC1. The summed E-state index contributed by atoms with van der Waals surface area (Å²) >= 11 is 6.67. The Bertz CT molecular complexity index is 379. The Morgan fingerprint density at radius 1 is 1.31 bits per heavy atom. The third kappa shape index (κ3) is 2.99. The van der Waals surface area contributed by atoms with E-state index >= 15 is 0 Å². The monoisotopic (exact) mass is 347 g/mol. The van der Waals surface area contributed by atoms with Gasteiger partial charge in [0.2, 0.25) is 0 Å². The Balaban J connectivity index is 1.94. The van der Waals surface area contributed by atoms with E-state index in [9.17, 15) is 5.11 Å². The van der Waals surface area contributed by atoms with Crippen molar-refractivity contribution in [1.82, 2.24) is 5.32 Å². The topological polar surface area (TPSA) is 32.3 Å². The largest absolute Gasteiger partial charge is 0.506 e. The number of phenols is 1. The number of rotatable bonds is 4. The second-order valence-electron chi connectivity index (χ2n) is 4.82. The van der Waals surface area contributed by atoms with Gasteiger partial charge in [-0.15, -0.1) is 0 Å². The van der Waals surface area contributed by atoms with Crippen molar-refractivity contribution in [3.05, 3.63) is 26.6 Å². The molecule has 2 rings (SSSR count). The molecule has 1 aliphatic carbocycles. The third-order valence-corrected chi connectivity index (χ3v) is 4.27. The van der Waals surface area contributed by atoms with Gasteiger partial charge < -0.3 is 10.4 Å². The van der Waals surface area contributed by atoms with Crippen LogP contribution in [0.3, 0.4) is 0 Å². The quantitative estimate of drug-likeness (QED) is 0.867. The van der Waals surface area contributed by atoms with Crippen LogP contribution in [0.2, 0.25) is 0 Å². The summed E-state index contributed by atoms with van der Waals surface area (Å²) in [6.07, 6.45) is 2.67. The summed E-state index contributed by atoms with van der Waals surface area (Å²) in [5, 5.41) is 13.0. The smallest absolute Gasteiger partial charge is 0.143 e. The molecule has 0 unspecified atom stereocenters. The number of halogens is 2. The van der Waals surface area contributed by atoms with Crippen molar-refractivity contribution < 1.29 is 5.11 Å². The lowest BCUT2D eigenvalue weighted by atomic mass is 10.1. The minimum Gasteiger partial charge on any atom is -0.506 e. The van der Waals surface area contributed by atoms with E-state index in [0.717, 1.165) is 22.0 Å². The maximum atomic E-state index is 9.58. The molecule has 2 nitrogen and oxygen atoms in total. The predicted molar refractivity (Wildman–Crippen MR) is 72.6 cm³/mol. The van der Waals surface area contributed by atoms with Gasteiger partial charge in [0, 0.05) is 13.1 Å². The van der Waals surface area contributed by atoms with Gasteiger partial charge in [-0.25, -0.2) is 0 Å². The fourth-order valence-corrected chi connectivity index (χ4v) is 2.90. The number of benzene rings is 1. The molecule has 0 radical (unpaired) electrons. The molecular weight excluding hydrogens is 334 g/mol. The van der Waals surface area contributed by atoms with Crippen molar-refractivity contribution in [3.63, 3.8) is 0 Å². The number of hydrogen-bond acceptors (Lipinski definition) is 2. The highest BCUT2D eigenvalue weighted by atomic mass is 79.9. The van der Waals surface area contributed by atoms with Crippen LogP contribution in [-0.4, -0.2) is 11.7 Å². The molecule has 0 bridgehead atoms. The number of nitrogens with one attached hydrogen (secondary N) is 1. The van der Waals surface area contributed by atoms with Gasteiger partial charge in [-0.1, -0.05) is 6.92 Å². The van der Waals surface area contributed by atoms with Crippen LogP contribution >= 0.6 is 31.9 Å². The highest BCUT2D eigenvalue weighted by Gasteiger charge is 2.36. The lowest BCUT2D eigenvalue weighted by Crippen LogP contribution is -2.21. The molecule has 1 aliphatic rings. The van der Waals surface area contributed by atoms with Crippen LogP contribution < -0.4 is 5.32 Å². The van der Waals surface area contributed by atoms with E-state index in [0.29, 0.717) is 5.41 Å². The van der Waals surface area contributed by atoms with Crippen molar-refractivity contribution in [2.24, 2.45) is 5.41 Å². The summed E-state index contributed by atoms with van der Waals surface area (Å²) in [6, 6.07) is 3.89. The van der Waals surface area contributed by atoms with Gasteiger partial charge in [-0.3, -0.25) is 0 Å². The lowest BCUT2D eigenvalue weighted by Gasteiger charge is -2.11. The van der Waals surface area contributed by atoms with Crippen molar-refractivity contribution in [1.29, 1.82) is 0 Å².